The SMILES string of the molecule is Cc1ccc2nc(Nc3ncnc(NCC4CCCO4)c3[N+](=O)[O-])sc2c1. The summed E-state index contributed by atoms with van der Waals surface area (Å²) in [6.45, 7) is 3.20. The molecule has 2 N–H and O–H groups in total. The summed E-state index contributed by atoms with van der Waals surface area (Å²) < 4.78 is 6.55. The second-order valence-corrected chi connectivity index (χ2v) is 7.34. The molecule has 0 bridgehead atoms. The van der Waals surface area contributed by atoms with E-state index in [2.05, 4.69) is 25.6 Å². The Morgan fingerprint density at radius 3 is 3.00 bits per heavy atom. The van der Waals surface area contributed by atoms with Crippen molar-refractivity contribution in [2.75, 3.05) is 23.8 Å². The maximum atomic E-state index is 11.6. The van der Waals surface area contributed by atoms with Crippen LogP contribution in [0.2, 0.25) is 0 Å². The van der Waals surface area contributed by atoms with E-state index in [9.17, 15) is 10.1 Å². The molecule has 0 spiro atoms. The molecule has 1 aliphatic heterocycles. The van der Waals surface area contributed by atoms with Gasteiger partial charge < -0.3 is 15.4 Å². The van der Waals surface area contributed by atoms with Crippen molar-refractivity contribution >= 4 is 44.0 Å². The molecule has 1 atom stereocenters. The first kappa shape index (κ1) is 17.6. The second kappa shape index (κ2) is 7.41. The number of thiazole rings is 1. The van der Waals surface area contributed by atoms with Gasteiger partial charge in [0.1, 0.15) is 6.33 Å². The third-order valence-electron chi connectivity index (χ3n) is 4.30. The van der Waals surface area contributed by atoms with Crippen LogP contribution in [-0.2, 0) is 4.74 Å². The topological polar surface area (TPSA) is 115 Å². The standard InChI is InChI=1S/C17H18N6O3S/c1-10-4-5-12-13(7-10)27-17(21-12)22-16-14(23(24)25)15(19-9-20-16)18-8-11-3-2-6-26-11/h4-5,7,9,11H,2-3,6,8H2,1H3,(H2,18,19,20,21,22). The van der Waals surface area contributed by atoms with Crippen molar-refractivity contribution in [1.82, 2.24) is 15.0 Å². The van der Waals surface area contributed by atoms with Crippen molar-refractivity contribution in [2.45, 2.75) is 25.9 Å². The first-order chi connectivity index (χ1) is 13.1. The molecule has 2 aromatic heterocycles. The summed E-state index contributed by atoms with van der Waals surface area (Å²) >= 11 is 1.42. The minimum Gasteiger partial charge on any atom is -0.376 e. The lowest BCUT2D eigenvalue weighted by Gasteiger charge is -2.12. The summed E-state index contributed by atoms with van der Waals surface area (Å²) in [6.07, 6.45) is 3.28. The molecule has 1 fully saturated rings. The van der Waals surface area contributed by atoms with E-state index in [0.29, 0.717) is 11.7 Å². The highest BCUT2D eigenvalue weighted by molar-refractivity contribution is 7.22. The zero-order chi connectivity index (χ0) is 18.8. The number of benzene rings is 1. The van der Waals surface area contributed by atoms with Crippen molar-refractivity contribution in [3.05, 3.63) is 40.2 Å². The highest BCUT2D eigenvalue weighted by atomic mass is 32.1. The average Bonchev–Trinajstić information content (AvgIpc) is 3.28. The number of nitro groups is 1. The average molecular weight is 386 g/mol. The van der Waals surface area contributed by atoms with E-state index >= 15 is 0 Å². The Kier molecular flexibility index (Phi) is 4.82. The second-order valence-electron chi connectivity index (χ2n) is 6.31. The van der Waals surface area contributed by atoms with Crippen LogP contribution in [0, 0.1) is 17.0 Å². The summed E-state index contributed by atoms with van der Waals surface area (Å²) in [6, 6.07) is 5.93. The predicted molar refractivity (Wildman–Crippen MR) is 104 cm³/mol. The number of aromatic nitrogens is 3. The van der Waals surface area contributed by atoms with E-state index in [4.69, 9.17) is 4.74 Å². The Morgan fingerprint density at radius 2 is 2.22 bits per heavy atom. The van der Waals surface area contributed by atoms with Gasteiger partial charge in [-0.2, -0.15) is 0 Å². The van der Waals surface area contributed by atoms with Crippen molar-refractivity contribution in [3.63, 3.8) is 0 Å². The Hall–Kier alpha value is -2.85. The summed E-state index contributed by atoms with van der Waals surface area (Å²) in [5.74, 6) is 0.283. The minimum absolute atomic E-state index is 0.0449. The Balaban J connectivity index is 1.60. The molecule has 0 radical (unpaired) electrons. The van der Waals surface area contributed by atoms with Gasteiger partial charge in [0.05, 0.1) is 21.2 Å². The molecule has 1 aliphatic rings. The number of aryl methyl sites for hydroxylation is 1. The lowest BCUT2D eigenvalue weighted by molar-refractivity contribution is -0.383. The van der Waals surface area contributed by atoms with Gasteiger partial charge in [-0.25, -0.2) is 15.0 Å². The summed E-state index contributed by atoms with van der Waals surface area (Å²) in [4.78, 5) is 23.7. The van der Waals surface area contributed by atoms with E-state index < -0.39 is 4.92 Å². The predicted octanol–water partition coefficient (Wildman–Crippen LogP) is 3.64. The van der Waals surface area contributed by atoms with Crippen LogP contribution in [0.4, 0.5) is 22.5 Å². The first-order valence-corrected chi connectivity index (χ1v) is 9.41. The molecule has 1 unspecified atom stereocenters. The molecule has 3 aromatic rings. The highest BCUT2D eigenvalue weighted by Gasteiger charge is 2.25. The summed E-state index contributed by atoms with van der Waals surface area (Å²) in [7, 11) is 0. The van der Waals surface area contributed by atoms with Crippen molar-refractivity contribution in [1.29, 1.82) is 0 Å². The number of hydrogen-bond donors (Lipinski definition) is 2. The molecule has 1 aromatic carbocycles. The van der Waals surface area contributed by atoms with Crippen LogP contribution in [-0.4, -0.2) is 39.1 Å². The van der Waals surface area contributed by atoms with Crippen LogP contribution in [0.1, 0.15) is 18.4 Å². The molecule has 27 heavy (non-hydrogen) atoms. The van der Waals surface area contributed by atoms with Crippen LogP contribution in [0.15, 0.2) is 24.5 Å². The van der Waals surface area contributed by atoms with Crippen LogP contribution in [0.3, 0.4) is 0 Å². The van der Waals surface area contributed by atoms with Crippen LogP contribution < -0.4 is 10.6 Å². The number of fused-ring (bicyclic) bond motifs is 1. The molecule has 4 rings (SSSR count). The van der Waals surface area contributed by atoms with E-state index in [0.717, 1.165) is 35.2 Å². The zero-order valence-corrected chi connectivity index (χ0v) is 15.5. The van der Waals surface area contributed by atoms with E-state index in [1.807, 2.05) is 25.1 Å². The van der Waals surface area contributed by atoms with Gasteiger partial charge in [0.15, 0.2) is 5.13 Å². The molecule has 1 saturated heterocycles. The molecule has 0 aliphatic carbocycles. The first-order valence-electron chi connectivity index (χ1n) is 8.59. The van der Waals surface area contributed by atoms with Gasteiger partial charge in [-0.05, 0) is 37.5 Å². The third-order valence-corrected chi connectivity index (χ3v) is 5.23. The van der Waals surface area contributed by atoms with Crippen molar-refractivity contribution < 1.29 is 9.66 Å². The Labute approximate surface area is 159 Å². The Bertz CT molecular complexity index is 986. The van der Waals surface area contributed by atoms with E-state index in [1.165, 1.54) is 17.7 Å². The number of ether oxygens (including phenoxy) is 1. The fourth-order valence-electron chi connectivity index (χ4n) is 2.97. The number of rotatable bonds is 6. The van der Waals surface area contributed by atoms with Crippen LogP contribution >= 0.6 is 11.3 Å². The van der Waals surface area contributed by atoms with Gasteiger partial charge in [0, 0.05) is 13.2 Å². The number of nitrogens with one attached hydrogen (secondary N) is 2. The quantitative estimate of drug-likeness (QED) is 0.487. The van der Waals surface area contributed by atoms with E-state index in [1.54, 1.807) is 0 Å². The molecule has 9 nitrogen and oxygen atoms in total. The van der Waals surface area contributed by atoms with Gasteiger partial charge in [0.2, 0.25) is 11.6 Å². The molecular formula is C17H18N6O3S. The highest BCUT2D eigenvalue weighted by Crippen LogP contribution is 2.34. The van der Waals surface area contributed by atoms with Crippen LogP contribution in [0.5, 0.6) is 0 Å². The van der Waals surface area contributed by atoms with Gasteiger partial charge in [-0.15, -0.1) is 0 Å². The molecule has 0 saturated carbocycles. The van der Waals surface area contributed by atoms with Crippen molar-refractivity contribution in [2.24, 2.45) is 0 Å². The fourth-order valence-corrected chi connectivity index (χ4v) is 3.94. The maximum absolute atomic E-state index is 11.6. The van der Waals surface area contributed by atoms with Crippen LogP contribution in [0.25, 0.3) is 10.2 Å². The maximum Gasteiger partial charge on any atom is 0.353 e. The molecule has 140 valence electrons. The van der Waals surface area contributed by atoms with Gasteiger partial charge in [-0.1, -0.05) is 17.4 Å². The number of anilines is 3. The lowest BCUT2D eigenvalue weighted by atomic mass is 10.2. The monoisotopic (exact) mass is 386 g/mol. The molecule has 0 amide bonds. The fraction of sp³-hybridized carbons (Fsp3) is 0.353. The van der Waals surface area contributed by atoms with E-state index in [-0.39, 0.29) is 23.4 Å². The minimum atomic E-state index is -0.488. The van der Waals surface area contributed by atoms with Crippen molar-refractivity contribution in [3.8, 4) is 0 Å². The third kappa shape index (κ3) is 3.81. The van der Waals surface area contributed by atoms with Gasteiger partial charge >= 0.3 is 5.69 Å². The zero-order valence-electron chi connectivity index (χ0n) is 14.6. The molecule has 3 heterocycles. The number of hydrogen-bond acceptors (Lipinski definition) is 9. The number of nitrogens with zero attached hydrogens (tertiary/aromatic N) is 4. The van der Waals surface area contributed by atoms with Gasteiger partial charge in [-0.3, -0.25) is 10.1 Å². The lowest BCUT2D eigenvalue weighted by Crippen LogP contribution is -2.20. The smallest absolute Gasteiger partial charge is 0.353 e. The summed E-state index contributed by atoms with van der Waals surface area (Å²) in [5.41, 5.74) is 1.76. The summed E-state index contributed by atoms with van der Waals surface area (Å²) in [5, 5.41) is 18.2. The normalized spacial score (nSPS) is 16.6. The molecular weight excluding hydrogens is 368 g/mol. The largest absolute Gasteiger partial charge is 0.376 e. The van der Waals surface area contributed by atoms with Gasteiger partial charge in [0.25, 0.3) is 0 Å². The molecule has 10 heteroatoms. The Morgan fingerprint density at radius 1 is 1.37 bits per heavy atom.